The molecule has 2 aromatic rings. The van der Waals surface area contributed by atoms with Gasteiger partial charge in [-0.05, 0) is 19.1 Å². The smallest absolute Gasteiger partial charge is 0.257 e. The van der Waals surface area contributed by atoms with Gasteiger partial charge in [-0.3, -0.25) is 9.59 Å². The van der Waals surface area contributed by atoms with Gasteiger partial charge in [-0.1, -0.05) is 36.7 Å². The van der Waals surface area contributed by atoms with Gasteiger partial charge in [-0.2, -0.15) is 0 Å². The van der Waals surface area contributed by atoms with E-state index in [1.54, 1.807) is 20.8 Å². The first kappa shape index (κ1) is 18.9. The summed E-state index contributed by atoms with van der Waals surface area (Å²) in [7, 11) is 0. The third-order valence-corrected chi connectivity index (χ3v) is 3.84. The predicted molar refractivity (Wildman–Crippen MR) is 91.8 cm³/mol. The third-order valence-electron chi connectivity index (χ3n) is 3.52. The van der Waals surface area contributed by atoms with Crippen LogP contribution in [0.1, 0.15) is 30.0 Å². The van der Waals surface area contributed by atoms with Crippen LogP contribution in [-0.2, 0) is 4.79 Å². The molecular weight excluding hydrogens is 349 g/mol. The van der Waals surface area contributed by atoms with Crippen LogP contribution < -0.4 is 10.6 Å². The average molecular weight is 368 g/mol. The highest BCUT2D eigenvalue weighted by atomic mass is 35.5. The number of nitrogens with one attached hydrogen (secondary N) is 2. The summed E-state index contributed by atoms with van der Waals surface area (Å²) in [6.07, 6.45) is 0. The number of carbonyl (C=O) groups excluding carboxylic acids is 2. The number of hydrogen-bond acceptors (Lipinski definition) is 4. The summed E-state index contributed by atoms with van der Waals surface area (Å²) < 4.78 is 19.2. The van der Waals surface area contributed by atoms with E-state index in [1.165, 1.54) is 18.2 Å². The number of nitrogens with zero attached hydrogens (tertiary/aromatic N) is 1. The molecule has 6 nitrogen and oxygen atoms in total. The molecular formula is C17H19ClFN3O3. The highest BCUT2D eigenvalue weighted by Crippen LogP contribution is 2.33. The minimum atomic E-state index is -0.598. The molecule has 0 aliphatic carbocycles. The van der Waals surface area contributed by atoms with E-state index in [2.05, 4.69) is 15.8 Å². The summed E-state index contributed by atoms with van der Waals surface area (Å²) in [4.78, 5) is 23.9. The summed E-state index contributed by atoms with van der Waals surface area (Å²) >= 11 is 6.04. The molecule has 1 aromatic carbocycles. The maximum atomic E-state index is 14.1. The molecule has 0 unspecified atom stereocenters. The van der Waals surface area contributed by atoms with Crippen molar-refractivity contribution in [3.8, 4) is 11.3 Å². The van der Waals surface area contributed by atoms with Gasteiger partial charge in [0.25, 0.3) is 5.91 Å². The Kier molecular flexibility index (Phi) is 6.14. The zero-order valence-electron chi connectivity index (χ0n) is 14.2. The summed E-state index contributed by atoms with van der Waals surface area (Å²) in [5.74, 6) is -1.07. The minimum Gasteiger partial charge on any atom is -0.360 e. The second-order valence-electron chi connectivity index (χ2n) is 5.76. The Balaban J connectivity index is 2.14. The van der Waals surface area contributed by atoms with Gasteiger partial charge >= 0.3 is 0 Å². The fourth-order valence-corrected chi connectivity index (χ4v) is 2.44. The molecule has 25 heavy (non-hydrogen) atoms. The topological polar surface area (TPSA) is 84.2 Å². The standard InChI is InChI=1S/C17H19ClFN3O3/c1-9(2)16(23)20-7-8-21-17(24)13-10(3)25-22-15(13)14-11(18)5-4-6-12(14)19/h4-6,9H,7-8H2,1-3H3,(H,20,23)(H,21,24). The molecule has 0 saturated carbocycles. The van der Waals surface area contributed by atoms with E-state index >= 15 is 0 Å². The van der Waals surface area contributed by atoms with E-state index in [0.717, 1.165) is 0 Å². The first-order valence-electron chi connectivity index (χ1n) is 7.79. The van der Waals surface area contributed by atoms with E-state index in [4.69, 9.17) is 16.1 Å². The number of hydrogen-bond donors (Lipinski definition) is 2. The lowest BCUT2D eigenvalue weighted by Crippen LogP contribution is -2.36. The van der Waals surface area contributed by atoms with Crippen LogP contribution in [-0.4, -0.2) is 30.1 Å². The molecule has 0 radical (unpaired) electrons. The van der Waals surface area contributed by atoms with Crippen LogP contribution in [0.15, 0.2) is 22.7 Å². The number of benzene rings is 1. The van der Waals surface area contributed by atoms with Gasteiger partial charge in [-0.25, -0.2) is 4.39 Å². The highest BCUT2D eigenvalue weighted by Gasteiger charge is 2.25. The van der Waals surface area contributed by atoms with Crippen LogP contribution in [0, 0.1) is 18.7 Å². The van der Waals surface area contributed by atoms with Crippen molar-refractivity contribution in [2.45, 2.75) is 20.8 Å². The maximum absolute atomic E-state index is 14.1. The van der Waals surface area contributed by atoms with Gasteiger partial charge in [0.1, 0.15) is 22.8 Å². The van der Waals surface area contributed by atoms with Crippen molar-refractivity contribution in [2.75, 3.05) is 13.1 Å². The average Bonchev–Trinajstić information content (AvgIpc) is 2.92. The fourth-order valence-electron chi connectivity index (χ4n) is 2.19. The Morgan fingerprint density at radius 3 is 2.60 bits per heavy atom. The summed E-state index contributed by atoms with van der Waals surface area (Å²) in [6.45, 7) is 5.60. The summed E-state index contributed by atoms with van der Waals surface area (Å²) in [6, 6.07) is 4.20. The number of rotatable bonds is 6. The van der Waals surface area contributed by atoms with E-state index < -0.39 is 11.7 Å². The molecule has 0 aliphatic heterocycles. The Labute approximate surface area is 149 Å². The van der Waals surface area contributed by atoms with Gasteiger partial charge < -0.3 is 15.2 Å². The molecule has 2 rings (SSSR count). The van der Waals surface area contributed by atoms with Crippen LogP contribution >= 0.6 is 11.6 Å². The summed E-state index contributed by atoms with van der Waals surface area (Å²) in [5, 5.41) is 9.25. The Bertz CT molecular complexity index is 769. The quantitative estimate of drug-likeness (QED) is 0.769. The molecule has 0 aliphatic rings. The van der Waals surface area contributed by atoms with Crippen molar-refractivity contribution in [2.24, 2.45) is 5.92 Å². The molecule has 0 bridgehead atoms. The Morgan fingerprint density at radius 2 is 1.96 bits per heavy atom. The largest absolute Gasteiger partial charge is 0.360 e. The lowest BCUT2D eigenvalue weighted by atomic mass is 10.0. The van der Waals surface area contributed by atoms with Crippen molar-refractivity contribution >= 4 is 23.4 Å². The molecule has 0 spiro atoms. The SMILES string of the molecule is Cc1onc(-c2c(F)cccc2Cl)c1C(=O)NCCNC(=O)C(C)C. The summed E-state index contributed by atoms with van der Waals surface area (Å²) in [5.41, 5.74) is 0.172. The van der Waals surface area contributed by atoms with Crippen molar-refractivity contribution in [1.29, 1.82) is 0 Å². The zero-order valence-corrected chi connectivity index (χ0v) is 14.9. The number of amides is 2. The van der Waals surface area contributed by atoms with Gasteiger partial charge in [0, 0.05) is 19.0 Å². The molecule has 2 amide bonds. The van der Waals surface area contributed by atoms with Crippen LogP contribution in [0.3, 0.4) is 0 Å². The molecule has 0 saturated heterocycles. The highest BCUT2D eigenvalue weighted by molar-refractivity contribution is 6.33. The van der Waals surface area contributed by atoms with Crippen LogP contribution in [0.25, 0.3) is 11.3 Å². The third kappa shape index (κ3) is 4.36. The molecule has 8 heteroatoms. The van der Waals surface area contributed by atoms with E-state index in [9.17, 15) is 14.0 Å². The van der Waals surface area contributed by atoms with Crippen molar-refractivity contribution in [1.82, 2.24) is 15.8 Å². The van der Waals surface area contributed by atoms with Crippen molar-refractivity contribution < 1.29 is 18.5 Å². The molecule has 0 fully saturated rings. The van der Waals surface area contributed by atoms with Gasteiger partial charge in [-0.15, -0.1) is 0 Å². The molecule has 134 valence electrons. The second-order valence-corrected chi connectivity index (χ2v) is 6.17. The molecule has 1 aromatic heterocycles. The first-order chi connectivity index (χ1) is 11.8. The van der Waals surface area contributed by atoms with Crippen molar-refractivity contribution in [3.05, 3.63) is 40.4 Å². The van der Waals surface area contributed by atoms with Gasteiger partial charge in [0.2, 0.25) is 5.91 Å². The van der Waals surface area contributed by atoms with E-state index in [0.29, 0.717) is 0 Å². The van der Waals surface area contributed by atoms with Gasteiger partial charge in [0.05, 0.1) is 10.6 Å². The van der Waals surface area contributed by atoms with Crippen LogP contribution in [0.4, 0.5) is 4.39 Å². The zero-order chi connectivity index (χ0) is 18.6. The number of carbonyl (C=O) groups is 2. The van der Waals surface area contributed by atoms with E-state index in [-0.39, 0.29) is 52.5 Å². The Hall–Kier alpha value is -2.41. The molecule has 2 N–H and O–H groups in total. The van der Waals surface area contributed by atoms with E-state index in [1.807, 2.05) is 0 Å². The molecule has 1 heterocycles. The van der Waals surface area contributed by atoms with Gasteiger partial charge in [0.15, 0.2) is 0 Å². The monoisotopic (exact) mass is 367 g/mol. The van der Waals surface area contributed by atoms with Crippen LogP contribution in [0.2, 0.25) is 5.02 Å². The van der Waals surface area contributed by atoms with Crippen molar-refractivity contribution in [3.63, 3.8) is 0 Å². The fraction of sp³-hybridized carbons (Fsp3) is 0.353. The maximum Gasteiger partial charge on any atom is 0.257 e. The lowest BCUT2D eigenvalue weighted by molar-refractivity contribution is -0.123. The predicted octanol–water partition coefficient (Wildman–Crippen LogP) is 2.94. The lowest BCUT2D eigenvalue weighted by Gasteiger charge is -2.09. The second kappa shape index (κ2) is 8.11. The molecule has 0 atom stereocenters. The first-order valence-corrected chi connectivity index (χ1v) is 8.17. The number of halogens is 2. The van der Waals surface area contributed by atoms with Crippen LogP contribution in [0.5, 0.6) is 0 Å². The minimum absolute atomic E-state index is 0.0132. The Morgan fingerprint density at radius 1 is 1.28 bits per heavy atom. The number of aryl methyl sites for hydroxylation is 1. The number of aromatic nitrogens is 1. The normalized spacial score (nSPS) is 10.8.